The number of unbranched alkanes of at least 4 members (excludes halogenated alkanes) is 1. The zero-order valence-corrected chi connectivity index (χ0v) is 9.38. The number of likely N-dealkylation sites (N-methyl/N-ethyl adjacent to an activating group) is 1. The van der Waals surface area contributed by atoms with E-state index in [1.807, 2.05) is 14.1 Å². The summed E-state index contributed by atoms with van der Waals surface area (Å²) >= 11 is 0. The Labute approximate surface area is 82.0 Å². The van der Waals surface area contributed by atoms with Gasteiger partial charge in [-0.15, -0.1) is 0 Å². The summed E-state index contributed by atoms with van der Waals surface area (Å²) in [5.74, 6) is 0. The molecule has 0 aliphatic rings. The van der Waals surface area contributed by atoms with Crippen LogP contribution in [0, 0.1) is 0 Å². The Morgan fingerprint density at radius 1 is 1.23 bits per heavy atom. The van der Waals surface area contributed by atoms with Gasteiger partial charge < -0.3 is 14.4 Å². The van der Waals surface area contributed by atoms with Crippen LogP contribution in [0.25, 0.3) is 0 Å². The van der Waals surface area contributed by atoms with E-state index in [9.17, 15) is 0 Å². The normalized spacial score (nSPS) is 13.6. The molecule has 0 aliphatic heterocycles. The molecule has 0 fully saturated rings. The lowest BCUT2D eigenvalue weighted by atomic mass is 10.3. The third-order valence-electron chi connectivity index (χ3n) is 2.04. The van der Waals surface area contributed by atoms with Gasteiger partial charge in [0.15, 0.2) is 0 Å². The molecule has 0 radical (unpaired) electrons. The molecule has 1 atom stereocenters. The summed E-state index contributed by atoms with van der Waals surface area (Å²) in [4.78, 5) is 2.13. The number of methoxy groups -OCH3 is 1. The van der Waals surface area contributed by atoms with Crippen LogP contribution < -0.4 is 0 Å². The summed E-state index contributed by atoms with van der Waals surface area (Å²) in [5, 5.41) is 0. The predicted octanol–water partition coefficient (Wildman–Crippen LogP) is 1.38. The Kier molecular flexibility index (Phi) is 8.40. The second-order valence-corrected chi connectivity index (χ2v) is 3.50. The van der Waals surface area contributed by atoms with Crippen molar-refractivity contribution in [2.75, 3.05) is 41.0 Å². The largest absolute Gasteiger partial charge is 0.383 e. The molecule has 0 spiro atoms. The van der Waals surface area contributed by atoms with Gasteiger partial charge in [-0.3, -0.25) is 0 Å². The van der Waals surface area contributed by atoms with Crippen molar-refractivity contribution in [3.63, 3.8) is 0 Å². The van der Waals surface area contributed by atoms with Gasteiger partial charge in [0.05, 0.1) is 19.3 Å². The SMILES string of the molecule is CCCCOCC(COC)N(C)C. The van der Waals surface area contributed by atoms with Gasteiger partial charge in [-0.2, -0.15) is 0 Å². The molecule has 3 nitrogen and oxygen atoms in total. The lowest BCUT2D eigenvalue weighted by molar-refractivity contribution is 0.0366. The highest BCUT2D eigenvalue weighted by Gasteiger charge is 2.10. The quantitative estimate of drug-likeness (QED) is 0.538. The van der Waals surface area contributed by atoms with Crippen LogP contribution in [0.2, 0.25) is 0 Å². The maximum atomic E-state index is 5.53. The van der Waals surface area contributed by atoms with Crippen LogP contribution >= 0.6 is 0 Å². The fourth-order valence-corrected chi connectivity index (χ4v) is 1.00. The van der Waals surface area contributed by atoms with E-state index in [0.29, 0.717) is 6.04 Å². The fraction of sp³-hybridized carbons (Fsp3) is 1.00. The monoisotopic (exact) mass is 189 g/mol. The smallest absolute Gasteiger partial charge is 0.0644 e. The molecule has 0 bridgehead atoms. The molecular formula is C10H23NO2. The van der Waals surface area contributed by atoms with Crippen LogP contribution in [-0.4, -0.2) is 52.0 Å². The van der Waals surface area contributed by atoms with Gasteiger partial charge in [0.25, 0.3) is 0 Å². The second-order valence-electron chi connectivity index (χ2n) is 3.50. The Balaban J connectivity index is 3.45. The fourth-order valence-electron chi connectivity index (χ4n) is 1.00. The van der Waals surface area contributed by atoms with Crippen LogP contribution in [-0.2, 0) is 9.47 Å². The minimum Gasteiger partial charge on any atom is -0.383 e. The van der Waals surface area contributed by atoms with E-state index in [-0.39, 0.29) is 0 Å². The summed E-state index contributed by atoms with van der Waals surface area (Å²) in [6.45, 7) is 4.53. The van der Waals surface area contributed by atoms with Crippen molar-refractivity contribution in [1.29, 1.82) is 0 Å². The second kappa shape index (κ2) is 8.48. The molecular weight excluding hydrogens is 166 g/mol. The minimum atomic E-state index is 0.377. The first-order valence-corrected chi connectivity index (χ1v) is 4.95. The Morgan fingerprint density at radius 2 is 1.92 bits per heavy atom. The predicted molar refractivity (Wildman–Crippen MR) is 55.1 cm³/mol. The van der Waals surface area contributed by atoms with Crippen molar-refractivity contribution < 1.29 is 9.47 Å². The van der Waals surface area contributed by atoms with Crippen molar-refractivity contribution in [2.24, 2.45) is 0 Å². The third-order valence-corrected chi connectivity index (χ3v) is 2.04. The van der Waals surface area contributed by atoms with Crippen LogP contribution in [0.15, 0.2) is 0 Å². The topological polar surface area (TPSA) is 21.7 Å². The number of nitrogens with zero attached hydrogens (tertiary/aromatic N) is 1. The van der Waals surface area contributed by atoms with Crippen LogP contribution in [0.5, 0.6) is 0 Å². The number of ether oxygens (including phenoxy) is 2. The molecule has 0 rings (SSSR count). The highest BCUT2D eigenvalue weighted by Crippen LogP contribution is 1.96. The molecule has 3 heteroatoms. The van der Waals surface area contributed by atoms with E-state index >= 15 is 0 Å². The first-order chi connectivity index (χ1) is 6.22. The van der Waals surface area contributed by atoms with E-state index in [1.165, 1.54) is 6.42 Å². The lowest BCUT2D eigenvalue weighted by Crippen LogP contribution is -2.36. The van der Waals surface area contributed by atoms with Gasteiger partial charge in [0.2, 0.25) is 0 Å². The molecule has 0 heterocycles. The lowest BCUT2D eigenvalue weighted by Gasteiger charge is -2.23. The number of rotatable bonds is 8. The summed E-state index contributed by atoms with van der Waals surface area (Å²) in [7, 11) is 5.82. The molecule has 0 aromatic carbocycles. The van der Waals surface area contributed by atoms with Crippen molar-refractivity contribution in [3.05, 3.63) is 0 Å². The van der Waals surface area contributed by atoms with Crippen molar-refractivity contribution in [1.82, 2.24) is 4.90 Å². The van der Waals surface area contributed by atoms with Gasteiger partial charge in [-0.1, -0.05) is 13.3 Å². The zero-order valence-electron chi connectivity index (χ0n) is 9.38. The first-order valence-electron chi connectivity index (χ1n) is 4.95. The van der Waals surface area contributed by atoms with E-state index in [2.05, 4.69) is 11.8 Å². The Bertz CT molecular complexity index is 107. The van der Waals surface area contributed by atoms with E-state index in [0.717, 1.165) is 26.2 Å². The van der Waals surface area contributed by atoms with Crippen molar-refractivity contribution >= 4 is 0 Å². The first kappa shape index (κ1) is 12.9. The highest BCUT2D eigenvalue weighted by atomic mass is 16.5. The summed E-state index contributed by atoms with van der Waals surface area (Å²) < 4.78 is 10.6. The Morgan fingerprint density at radius 3 is 2.38 bits per heavy atom. The molecule has 0 saturated carbocycles. The third kappa shape index (κ3) is 6.99. The molecule has 0 aromatic rings. The molecule has 0 amide bonds. The average molecular weight is 189 g/mol. The summed E-state index contributed by atoms with van der Waals surface area (Å²) in [5.41, 5.74) is 0. The van der Waals surface area contributed by atoms with Gasteiger partial charge in [-0.25, -0.2) is 0 Å². The van der Waals surface area contributed by atoms with E-state index in [1.54, 1.807) is 7.11 Å². The molecule has 0 aromatic heterocycles. The van der Waals surface area contributed by atoms with E-state index in [4.69, 9.17) is 9.47 Å². The highest BCUT2D eigenvalue weighted by molar-refractivity contribution is 4.63. The van der Waals surface area contributed by atoms with Crippen LogP contribution in [0.4, 0.5) is 0 Å². The van der Waals surface area contributed by atoms with Gasteiger partial charge in [0.1, 0.15) is 0 Å². The van der Waals surface area contributed by atoms with E-state index < -0.39 is 0 Å². The maximum absolute atomic E-state index is 5.53. The molecule has 13 heavy (non-hydrogen) atoms. The zero-order chi connectivity index (χ0) is 10.1. The van der Waals surface area contributed by atoms with Gasteiger partial charge in [0, 0.05) is 13.7 Å². The molecule has 0 aliphatic carbocycles. The van der Waals surface area contributed by atoms with Crippen molar-refractivity contribution in [2.45, 2.75) is 25.8 Å². The van der Waals surface area contributed by atoms with Gasteiger partial charge >= 0.3 is 0 Å². The standard InChI is InChI=1S/C10H23NO2/c1-5-6-7-13-9-10(8-12-4)11(2)3/h10H,5-9H2,1-4H3. The summed E-state index contributed by atoms with van der Waals surface area (Å²) in [6.07, 6.45) is 2.34. The average Bonchev–Trinajstić information content (AvgIpc) is 2.10. The molecule has 0 N–H and O–H groups in total. The van der Waals surface area contributed by atoms with Crippen LogP contribution in [0.1, 0.15) is 19.8 Å². The molecule has 0 saturated heterocycles. The minimum absolute atomic E-state index is 0.377. The molecule has 80 valence electrons. The van der Waals surface area contributed by atoms with Crippen LogP contribution in [0.3, 0.4) is 0 Å². The van der Waals surface area contributed by atoms with Crippen molar-refractivity contribution in [3.8, 4) is 0 Å². The summed E-state index contributed by atoms with van der Waals surface area (Å²) in [6, 6.07) is 0.377. The van der Waals surface area contributed by atoms with Gasteiger partial charge in [-0.05, 0) is 20.5 Å². The number of hydrogen-bond donors (Lipinski definition) is 0. The molecule has 1 unspecified atom stereocenters. The maximum Gasteiger partial charge on any atom is 0.0644 e. The Hall–Kier alpha value is -0.120. The number of hydrogen-bond acceptors (Lipinski definition) is 3.